The van der Waals surface area contributed by atoms with E-state index in [1.807, 2.05) is 0 Å². The molecule has 3 heteroatoms. The fourth-order valence-corrected chi connectivity index (χ4v) is 6.71. The Morgan fingerprint density at radius 3 is 1.92 bits per heavy atom. The lowest BCUT2D eigenvalue weighted by Gasteiger charge is -2.44. The van der Waals surface area contributed by atoms with Crippen LogP contribution in [0.1, 0.15) is 65.1 Å². The smallest absolute Gasteiger partial charge is 0.0400 e. The van der Waals surface area contributed by atoms with Crippen molar-refractivity contribution in [3.63, 3.8) is 0 Å². The lowest BCUT2D eigenvalue weighted by molar-refractivity contribution is 0.116. The summed E-state index contributed by atoms with van der Waals surface area (Å²) in [5.41, 5.74) is 11.2. The first-order chi connectivity index (χ1) is 18.7. The van der Waals surface area contributed by atoms with Crippen LogP contribution in [-0.4, -0.2) is 17.5 Å². The summed E-state index contributed by atoms with van der Waals surface area (Å²) < 4.78 is 0. The van der Waals surface area contributed by atoms with Gasteiger partial charge in [-0.05, 0) is 89.8 Å². The number of rotatable bonds is 8. The molecule has 2 heterocycles. The van der Waals surface area contributed by atoms with E-state index < -0.39 is 0 Å². The van der Waals surface area contributed by atoms with Gasteiger partial charge in [-0.15, -0.1) is 0 Å². The quantitative estimate of drug-likeness (QED) is 0.259. The van der Waals surface area contributed by atoms with Gasteiger partial charge in [-0.1, -0.05) is 72.8 Å². The molecule has 2 N–H and O–H groups in total. The first-order valence-corrected chi connectivity index (χ1v) is 14.3. The van der Waals surface area contributed by atoms with Crippen molar-refractivity contribution >= 4 is 11.4 Å². The molecule has 4 aromatic rings. The number of hydrogen-bond donors (Lipinski definition) is 2. The predicted octanol–water partition coefficient (Wildman–Crippen LogP) is 7.75. The monoisotopic (exact) mass is 499 g/mol. The average Bonchev–Trinajstić information content (AvgIpc) is 3.80. The number of nitrogens with one attached hydrogen (secondary N) is 2. The third-order valence-corrected chi connectivity index (χ3v) is 8.93. The third kappa shape index (κ3) is 4.61. The largest absolute Gasteiger partial charge is 0.381 e. The summed E-state index contributed by atoms with van der Waals surface area (Å²) in [6.45, 7) is 5.41. The highest BCUT2D eigenvalue weighted by Gasteiger charge is 2.44. The summed E-state index contributed by atoms with van der Waals surface area (Å²) in [5, 5.41) is 7.41. The average molecular weight is 500 g/mol. The van der Waals surface area contributed by atoms with Crippen LogP contribution in [0.5, 0.6) is 0 Å². The van der Waals surface area contributed by atoms with Gasteiger partial charge in [-0.25, -0.2) is 0 Å². The van der Waals surface area contributed by atoms with E-state index >= 15 is 0 Å². The van der Waals surface area contributed by atoms with E-state index in [0.717, 1.165) is 25.4 Å². The Hall–Kier alpha value is -3.56. The van der Waals surface area contributed by atoms with Gasteiger partial charge >= 0.3 is 0 Å². The molecule has 38 heavy (non-hydrogen) atoms. The van der Waals surface area contributed by atoms with Gasteiger partial charge in [0.25, 0.3) is 0 Å². The molecule has 1 saturated carbocycles. The summed E-state index contributed by atoms with van der Waals surface area (Å²) in [7, 11) is 0. The van der Waals surface area contributed by atoms with Crippen molar-refractivity contribution in [1.82, 2.24) is 4.90 Å². The van der Waals surface area contributed by atoms with Crippen molar-refractivity contribution in [3.8, 4) is 0 Å². The zero-order chi connectivity index (χ0) is 25.5. The molecule has 2 aliphatic carbocycles. The third-order valence-electron chi connectivity index (χ3n) is 8.93. The van der Waals surface area contributed by atoms with Crippen LogP contribution in [0.3, 0.4) is 0 Å². The number of anilines is 2. The molecule has 192 valence electrons. The minimum absolute atomic E-state index is 0.384. The van der Waals surface area contributed by atoms with E-state index in [9.17, 15) is 0 Å². The van der Waals surface area contributed by atoms with Crippen LogP contribution in [0.15, 0.2) is 97.1 Å². The lowest BCUT2D eigenvalue weighted by Crippen LogP contribution is -2.45. The van der Waals surface area contributed by atoms with E-state index in [1.54, 1.807) is 0 Å². The number of hydrogen-bond acceptors (Lipinski definition) is 3. The Balaban J connectivity index is 1.23. The van der Waals surface area contributed by atoms with Crippen LogP contribution < -0.4 is 10.6 Å². The van der Waals surface area contributed by atoms with Gasteiger partial charge in [-0.2, -0.15) is 0 Å². The van der Waals surface area contributed by atoms with Crippen molar-refractivity contribution in [1.29, 1.82) is 0 Å². The zero-order valence-corrected chi connectivity index (χ0v) is 22.2. The molecular weight excluding hydrogens is 462 g/mol. The molecule has 1 fully saturated rings. The van der Waals surface area contributed by atoms with Crippen LogP contribution in [0.2, 0.25) is 0 Å². The van der Waals surface area contributed by atoms with Crippen LogP contribution in [0, 0.1) is 5.92 Å². The van der Waals surface area contributed by atoms with E-state index in [4.69, 9.17) is 0 Å². The van der Waals surface area contributed by atoms with Gasteiger partial charge < -0.3 is 10.6 Å². The van der Waals surface area contributed by atoms with Crippen LogP contribution in [0.25, 0.3) is 0 Å². The summed E-state index contributed by atoms with van der Waals surface area (Å²) in [6.07, 6.45) is 3.90. The van der Waals surface area contributed by atoms with Gasteiger partial charge in [0.2, 0.25) is 0 Å². The SMILES string of the molecule is C[C@@H]1[C@H]2c3cc(NCc4ccccc4)ccc3C[C@H](c3ccc(NCc4ccccc4)cc32)N1CC1CC1. The van der Waals surface area contributed by atoms with Crippen molar-refractivity contribution < 1.29 is 0 Å². The zero-order valence-electron chi connectivity index (χ0n) is 22.2. The summed E-state index contributed by atoms with van der Waals surface area (Å²) in [6, 6.07) is 36.7. The Morgan fingerprint density at radius 1 is 0.684 bits per heavy atom. The molecular formula is C35H37N3. The fraction of sp³-hybridized carbons (Fsp3) is 0.314. The molecule has 2 bridgehead atoms. The second-order valence-electron chi connectivity index (χ2n) is 11.5. The van der Waals surface area contributed by atoms with E-state index in [-0.39, 0.29) is 0 Å². The summed E-state index contributed by atoms with van der Waals surface area (Å²) >= 11 is 0. The van der Waals surface area contributed by atoms with Crippen LogP contribution >= 0.6 is 0 Å². The van der Waals surface area contributed by atoms with Crippen molar-refractivity contribution in [3.05, 3.63) is 130 Å². The van der Waals surface area contributed by atoms with Crippen molar-refractivity contribution in [2.45, 2.75) is 57.3 Å². The Morgan fingerprint density at radius 2 is 1.29 bits per heavy atom. The molecule has 0 amide bonds. The normalized spacial score (nSPS) is 21.9. The molecule has 3 atom stereocenters. The first kappa shape index (κ1) is 23.5. The summed E-state index contributed by atoms with van der Waals surface area (Å²) in [5.74, 6) is 1.27. The second-order valence-corrected chi connectivity index (χ2v) is 11.5. The number of benzene rings is 4. The molecule has 0 aromatic heterocycles. The molecule has 0 spiro atoms. The van der Waals surface area contributed by atoms with Gasteiger partial charge in [0.1, 0.15) is 0 Å². The molecule has 0 unspecified atom stereocenters. The van der Waals surface area contributed by atoms with E-state index in [1.165, 1.54) is 64.1 Å². The van der Waals surface area contributed by atoms with Crippen molar-refractivity contribution in [2.24, 2.45) is 5.92 Å². The minimum atomic E-state index is 0.384. The molecule has 4 aromatic carbocycles. The van der Waals surface area contributed by atoms with E-state index in [2.05, 4.69) is 120 Å². The number of nitrogens with zero attached hydrogens (tertiary/aromatic N) is 1. The van der Waals surface area contributed by atoms with Gasteiger partial charge in [0.15, 0.2) is 0 Å². The highest BCUT2D eigenvalue weighted by atomic mass is 15.2. The maximum Gasteiger partial charge on any atom is 0.0400 e. The standard InChI is InChI=1S/C35H37N3/c1-24-35-32-19-29(36-21-25-8-4-2-5-9-25)15-14-28(32)18-34(38(24)23-27-12-13-27)31-17-16-30(20-33(31)35)37-22-26-10-6-3-7-11-26/h2-11,14-17,19-20,24,27,34-37H,12-13,18,21-23H2,1H3/t24-,34-,35+/m1/s1. The first-order valence-electron chi connectivity index (χ1n) is 14.3. The Bertz CT molecular complexity index is 1410. The molecule has 0 radical (unpaired) electrons. The molecule has 0 saturated heterocycles. The summed E-state index contributed by atoms with van der Waals surface area (Å²) in [4.78, 5) is 2.85. The van der Waals surface area contributed by atoms with Crippen molar-refractivity contribution in [2.75, 3.05) is 17.2 Å². The molecule has 4 aliphatic rings. The van der Waals surface area contributed by atoms with Gasteiger partial charge in [0.05, 0.1) is 0 Å². The maximum absolute atomic E-state index is 3.71. The predicted molar refractivity (Wildman–Crippen MR) is 158 cm³/mol. The van der Waals surface area contributed by atoms with Crippen LogP contribution in [-0.2, 0) is 19.5 Å². The topological polar surface area (TPSA) is 27.3 Å². The minimum Gasteiger partial charge on any atom is -0.381 e. The fourth-order valence-electron chi connectivity index (χ4n) is 6.71. The van der Waals surface area contributed by atoms with Gasteiger partial charge in [-0.3, -0.25) is 4.90 Å². The highest BCUT2D eigenvalue weighted by molar-refractivity contribution is 5.60. The second kappa shape index (κ2) is 9.96. The Kier molecular flexibility index (Phi) is 6.17. The Labute approximate surface area is 226 Å². The number of fused-ring (bicyclic) bond motifs is 1. The molecule has 3 nitrogen and oxygen atoms in total. The highest BCUT2D eigenvalue weighted by Crippen LogP contribution is 2.51. The van der Waals surface area contributed by atoms with Gasteiger partial charge in [0, 0.05) is 49.0 Å². The molecule has 2 aliphatic heterocycles. The molecule has 8 rings (SSSR count). The van der Waals surface area contributed by atoms with E-state index in [0.29, 0.717) is 18.0 Å². The lowest BCUT2D eigenvalue weighted by atomic mass is 9.78. The van der Waals surface area contributed by atoms with Crippen LogP contribution in [0.4, 0.5) is 11.4 Å². The maximum atomic E-state index is 3.71.